The Morgan fingerprint density at radius 2 is 1.83 bits per heavy atom. The van der Waals surface area contributed by atoms with Gasteiger partial charge in [0.15, 0.2) is 17.2 Å². The van der Waals surface area contributed by atoms with Crippen molar-refractivity contribution < 1.29 is 14.3 Å². The second-order valence-corrected chi connectivity index (χ2v) is 7.11. The third kappa shape index (κ3) is 4.54. The number of nitrogens with one attached hydrogen (secondary N) is 1. The van der Waals surface area contributed by atoms with Crippen LogP contribution in [0.25, 0.3) is 11.3 Å². The second kappa shape index (κ2) is 9.47. The van der Waals surface area contributed by atoms with Crippen molar-refractivity contribution in [3.05, 3.63) is 53.7 Å². The van der Waals surface area contributed by atoms with Gasteiger partial charge in [0, 0.05) is 11.3 Å². The summed E-state index contributed by atoms with van der Waals surface area (Å²) in [5, 5.41) is 11.4. The predicted octanol–water partition coefficient (Wildman–Crippen LogP) is 4.10. The van der Waals surface area contributed by atoms with Gasteiger partial charge in [0.05, 0.1) is 20.1 Å². The summed E-state index contributed by atoms with van der Waals surface area (Å²) in [6.45, 7) is 2.09. The van der Waals surface area contributed by atoms with Gasteiger partial charge in [0.25, 0.3) is 5.91 Å². The average molecular weight is 413 g/mol. The van der Waals surface area contributed by atoms with E-state index in [4.69, 9.17) is 9.47 Å². The molecule has 0 fully saturated rings. The highest BCUT2D eigenvalue weighted by molar-refractivity contribution is 7.97. The Balaban J connectivity index is 1.98. The number of hydrogen-bond donors (Lipinski definition) is 1. The fraction of sp³-hybridized carbons (Fsp3) is 0.286. The Labute approximate surface area is 174 Å². The van der Waals surface area contributed by atoms with E-state index < -0.39 is 0 Å². The van der Waals surface area contributed by atoms with Crippen molar-refractivity contribution in [2.75, 3.05) is 25.8 Å². The lowest BCUT2D eigenvalue weighted by atomic mass is 10.1. The first-order valence-corrected chi connectivity index (χ1v) is 10.6. The van der Waals surface area contributed by atoms with Crippen LogP contribution in [0.1, 0.15) is 23.0 Å². The topological polar surface area (TPSA) is 78.3 Å². The third-order valence-corrected chi connectivity index (χ3v) is 4.98. The lowest BCUT2D eigenvalue weighted by Crippen LogP contribution is -2.18. The number of carbonyl (C=O) groups is 1. The first-order chi connectivity index (χ1) is 14.1. The van der Waals surface area contributed by atoms with Crippen LogP contribution in [0.5, 0.6) is 11.5 Å². The van der Waals surface area contributed by atoms with Crippen LogP contribution in [0.15, 0.2) is 42.5 Å². The van der Waals surface area contributed by atoms with Crippen LogP contribution in [0.2, 0.25) is 0 Å². The van der Waals surface area contributed by atoms with E-state index in [9.17, 15) is 4.79 Å². The maximum atomic E-state index is 13.1. The van der Waals surface area contributed by atoms with Crippen molar-refractivity contribution in [2.24, 2.45) is 0 Å². The van der Waals surface area contributed by atoms with E-state index in [0.29, 0.717) is 28.8 Å². The molecule has 7 nitrogen and oxygen atoms in total. The van der Waals surface area contributed by atoms with Gasteiger partial charge in [-0.3, -0.25) is 4.79 Å². The monoisotopic (exact) mass is 412 g/mol. The van der Waals surface area contributed by atoms with Gasteiger partial charge in [0.1, 0.15) is 5.69 Å². The van der Waals surface area contributed by atoms with Crippen LogP contribution < -0.4 is 14.8 Å². The van der Waals surface area contributed by atoms with Crippen LogP contribution in [0, 0.1) is 0 Å². The number of rotatable bonds is 8. The normalized spacial score (nSPS) is 10.6. The maximum absolute atomic E-state index is 13.1. The summed E-state index contributed by atoms with van der Waals surface area (Å²) in [6, 6.07) is 13.2. The van der Waals surface area contributed by atoms with Gasteiger partial charge in [-0.05, 0) is 48.6 Å². The number of carbonyl (C=O) groups excluding carboxylic acids is 1. The summed E-state index contributed by atoms with van der Waals surface area (Å²) < 4.78 is 12.3. The summed E-state index contributed by atoms with van der Waals surface area (Å²) in [6.07, 6.45) is 2.89. The zero-order valence-corrected chi connectivity index (χ0v) is 17.7. The Kier molecular flexibility index (Phi) is 6.77. The lowest BCUT2D eigenvalue weighted by Gasteiger charge is -2.11. The van der Waals surface area contributed by atoms with Gasteiger partial charge in [-0.15, -0.1) is 16.9 Å². The SMILES string of the molecule is CCc1ccc(NC(=O)c2c(-c3ccc(OC)c(OC)c3)nnn2CSC)cc1. The molecule has 0 aliphatic rings. The average Bonchev–Trinajstić information content (AvgIpc) is 3.17. The molecule has 8 heteroatoms. The first-order valence-electron chi connectivity index (χ1n) is 9.16. The van der Waals surface area contributed by atoms with E-state index in [0.717, 1.165) is 17.7 Å². The van der Waals surface area contributed by atoms with Gasteiger partial charge in [-0.25, -0.2) is 4.68 Å². The Hall–Kier alpha value is -3.00. The molecular formula is C21H24N4O3S. The van der Waals surface area contributed by atoms with Crippen LogP contribution in [0.3, 0.4) is 0 Å². The van der Waals surface area contributed by atoms with E-state index in [1.165, 1.54) is 5.56 Å². The minimum Gasteiger partial charge on any atom is -0.493 e. The fourth-order valence-corrected chi connectivity index (χ4v) is 3.37. The number of aryl methyl sites for hydroxylation is 1. The van der Waals surface area contributed by atoms with Crippen molar-refractivity contribution >= 4 is 23.4 Å². The molecule has 3 aromatic rings. The predicted molar refractivity (Wildman–Crippen MR) is 116 cm³/mol. The van der Waals surface area contributed by atoms with E-state index in [2.05, 4.69) is 22.6 Å². The highest BCUT2D eigenvalue weighted by Crippen LogP contribution is 2.33. The number of amides is 1. The molecule has 152 valence electrons. The Morgan fingerprint density at radius 1 is 1.10 bits per heavy atom. The molecule has 0 unspecified atom stereocenters. The Morgan fingerprint density at radius 3 is 2.45 bits per heavy atom. The number of thioether (sulfide) groups is 1. The second-order valence-electron chi connectivity index (χ2n) is 6.28. The van der Waals surface area contributed by atoms with Crippen LogP contribution in [-0.2, 0) is 12.3 Å². The molecule has 29 heavy (non-hydrogen) atoms. The molecule has 0 saturated carbocycles. The molecule has 0 atom stereocenters. The van der Waals surface area contributed by atoms with Gasteiger partial charge >= 0.3 is 0 Å². The Bertz CT molecular complexity index is 986. The molecule has 0 radical (unpaired) electrons. The molecular weight excluding hydrogens is 388 g/mol. The number of ether oxygens (including phenoxy) is 2. The molecule has 0 aliphatic carbocycles. The van der Waals surface area contributed by atoms with Crippen molar-refractivity contribution in [1.82, 2.24) is 15.0 Å². The largest absolute Gasteiger partial charge is 0.493 e. The third-order valence-electron chi connectivity index (χ3n) is 4.48. The van der Waals surface area contributed by atoms with E-state index in [1.807, 2.05) is 36.6 Å². The molecule has 1 amide bonds. The van der Waals surface area contributed by atoms with E-state index in [-0.39, 0.29) is 5.91 Å². The summed E-state index contributed by atoms with van der Waals surface area (Å²) >= 11 is 1.56. The zero-order chi connectivity index (χ0) is 20.8. The van der Waals surface area contributed by atoms with Gasteiger partial charge in [-0.1, -0.05) is 24.3 Å². The first kappa shape index (κ1) is 20.7. The molecule has 1 heterocycles. The summed E-state index contributed by atoms with van der Waals surface area (Å²) in [7, 11) is 3.15. The van der Waals surface area contributed by atoms with E-state index in [1.54, 1.807) is 42.8 Å². The van der Waals surface area contributed by atoms with Gasteiger partial charge < -0.3 is 14.8 Å². The summed E-state index contributed by atoms with van der Waals surface area (Å²) in [4.78, 5) is 13.1. The van der Waals surface area contributed by atoms with Crippen molar-refractivity contribution in [1.29, 1.82) is 0 Å². The highest BCUT2D eigenvalue weighted by atomic mass is 32.2. The standard InChI is InChI=1S/C21H24N4O3S/c1-5-14-6-9-16(10-7-14)22-21(26)20-19(23-24-25(20)13-29-4)15-8-11-17(27-2)18(12-15)28-3/h6-12H,5,13H2,1-4H3,(H,22,26). The molecule has 0 spiro atoms. The van der Waals surface area contributed by atoms with Crippen molar-refractivity contribution in [3.63, 3.8) is 0 Å². The molecule has 2 aromatic carbocycles. The molecule has 1 aromatic heterocycles. The highest BCUT2D eigenvalue weighted by Gasteiger charge is 2.23. The quantitative estimate of drug-likeness (QED) is 0.600. The van der Waals surface area contributed by atoms with Crippen LogP contribution in [0.4, 0.5) is 5.69 Å². The minimum atomic E-state index is -0.266. The van der Waals surface area contributed by atoms with Crippen molar-refractivity contribution in [3.8, 4) is 22.8 Å². The smallest absolute Gasteiger partial charge is 0.276 e. The van der Waals surface area contributed by atoms with Gasteiger partial charge in [0.2, 0.25) is 0 Å². The number of anilines is 1. The van der Waals surface area contributed by atoms with Gasteiger partial charge in [-0.2, -0.15) is 0 Å². The summed E-state index contributed by atoms with van der Waals surface area (Å²) in [5.41, 5.74) is 3.54. The van der Waals surface area contributed by atoms with E-state index >= 15 is 0 Å². The van der Waals surface area contributed by atoms with Crippen LogP contribution in [-0.4, -0.2) is 41.4 Å². The number of aromatic nitrogens is 3. The molecule has 0 aliphatic heterocycles. The minimum absolute atomic E-state index is 0.266. The van der Waals surface area contributed by atoms with Crippen LogP contribution >= 0.6 is 11.8 Å². The molecule has 0 bridgehead atoms. The molecule has 1 N–H and O–H groups in total. The zero-order valence-electron chi connectivity index (χ0n) is 16.9. The molecule has 3 rings (SSSR count). The molecule has 0 saturated heterocycles. The lowest BCUT2D eigenvalue weighted by molar-refractivity contribution is 0.101. The number of benzene rings is 2. The maximum Gasteiger partial charge on any atom is 0.276 e. The number of nitrogens with zero attached hydrogens (tertiary/aromatic N) is 3. The fourth-order valence-electron chi connectivity index (χ4n) is 2.94. The number of methoxy groups -OCH3 is 2. The van der Waals surface area contributed by atoms with Crippen molar-refractivity contribution in [2.45, 2.75) is 19.2 Å². The number of hydrogen-bond acceptors (Lipinski definition) is 6. The summed E-state index contributed by atoms with van der Waals surface area (Å²) in [5.74, 6) is 1.41.